The van der Waals surface area contributed by atoms with Gasteiger partial charge in [-0.3, -0.25) is 15.5 Å². The Balaban J connectivity index is 1.70. The van der Waals surface area contributed by atoms with Gasteiger partial charge in [0.2, 0.25) is 5.91 Å². The summed E-state index contributed by atoms with van der Waals surface area (Å²) in [5.41, 5.74) is 5.33. The van der Waals surface area contributed by atoms with Crippen LogP contribution in [0.2, 0.25) is 0 Å². The van der Waals surface area contributed by atoms with Gasteiger partial charge in [-0.05, 0) is 24.3 Å². The van der Waals surface area contributed by atoms with Crippen LogP contribution in [-0.2, 0) is 11.3 Å². The smallest absolute Gasteiger partial charge is 0.320 e. The monoisotopic (exact) mass is 321 g/mol. The largest absolute Gasteiger partial charge is 0.467 e. The van der Waals surface area contributed by atoms with Gasteiger partial charge < -0.3 is 20.8 Å². The number of nitrogens with one attached hydrogen (secondary N) is 4. The van der Waals surface area contributed by atoms with Crippen molar-refractivity contribution in [2.45, 2.75) is 6.54 Å². The molecule has 0 saturated carbocycles. The molecule has 0 aromatic carbocycles. The van der Waals surface area contributed by atoms with E-state index in [1.807, 2.05) is 0 Å². The number of anilines is 1. The summed E-state index contributed by atoms with van der Waals surface area (Å²) >= 11 is 1.18. The summed E-state index contributed by atoms with van der Waals surface area (Å²) in [5.74, 6) is 0.242. The lowest BCUT2D eigenvalue weighted by Gasteiger charge is -2.06. The zero-order chi connectivity index (χ0) is 15.9. The Bertz CT molecular complexity index is 665. The zero-order valence-corrected chi connectivity index (χ0v) is 12.3. The maximum atomic E-state index is 11.6. The molecule has 22 heavy (non-hydrogen) atoms. The molecule has 9 heteroatoms. The molecule has 8 nitrogen and oxygen atoms in total. The van der Waals surface area contributed by atoms with Crippen LogP contribution in [0.25, 0.3) is 0 Å². The first kappa shape index (κ1) is 15.6. The third-order valence-electron chi connectivity index (χ3n) is 2.56. The molecule has 3 amide bonds. The molecule has 0 bridgehead atoms. The highest BCUT2D eigenvalue weighted by Gasteiger charge is 2.08. The second-order valence-corrected chi connectivity index (χ2v) is 5.33. The number of thiophene rings is 1. The molecule has 2 heterocycles. The van der Waals surface area contributed by atoms with Crippen LogP contribution in [0.1, 0.15) is 10.6 Å². The molecule has 2 aromatic rings. The first-order chi connectivity index (χ1) is 10.5. The third-order valence-corrected chi connectivity index (χ3v) is 3.59. The molecule has 0 atom stereocenters. The minimum absolute atomic E-state index is 0.0595. The number of rotatable bonds is 6. The molecule has 0 fully saturated rings. The summed E-state index contributed by atoms with van der Waals surface area (Å²) in [5, 5.41) is 15.4. The molecule has 116 valence electrons. The van der Waals surface area contributed by atoms with Crippen molar-refractivity contribution in [1.29, 1.82) is 5.41 Å². The summed E-state index contributed by atoms with van der Waals surface area (Å²) in [7, 11) is 0. The number of furan rings is 1. The number of nitrogen functional groups attached to an aromatic ring is 1. The van der Waals surface area contributed by atoms with Crippen LogP contribution >= 0.6 is 11.3 Å². The number of urea groups is 1. The van der Waals surface area contributed by atoms with E-state index in [1.54, 1.807) is 24.3 Å². The van der Waals surface area contributed by atoms with Crippen molar-refractivity contribution in [2.24, 2.45) is 5.73 Å². The van der Waals surface area contributed by atoms with Crippen LogP contribution in [0, 0.1) is 5.41 Å². The summed E-state index contributed by atoms with van der Waals surface area (Å²) in [6, 6.07) is 6.23. The van der Waals surface area contributed by atoms with E-state index in [2.05, 4.69) is 16.0 Å². The lowest BCUT2D eigenvalue weighted by atomic mass is 10.4. The molecule has 0 unspecified atom stereocenters. The number of amidine groups is 1. The minimum Gasteiger partial charge on any atom is -0.467 e. The Hall–Kier alpha value is -2.81. The van der Waals surface area contributed by atoms with Crippen LogP contribution in [0.5, 0.6) is 0 Å². The highest BCUT2D eigenvalue weighted by atomic mass is 32.1. The van der Waals surface area contributed by atoms with Crippen molar-refractivity contribution in [3.63, 3.8) is 0 Å². The standard InChI is InChI=1S/C13H15N5O3S/c14-12(15)9-3-4-11(22-9)18-13(20)17-7-10(19)16-6-8-2-1-5-21-8/h1-5H,6-7H2,(H3,14,15)(H,16,19)(H2,17,18,20). The molecule has 0 aliphatic heterocycles. The van der Waals surface area contributed by atoms with Gasteiger partial charge in [0.15, 0.2) is 0 Å². The van der Waals surface area contributed by atoms with Gasteiger partial charge in [0.25, 0.3) is 0 Å². The Kier molecular flexibility index (Phi) is 5.15. The lowest BCUT2D eigenvalue weighted by molar-refractivity contribution is -0.120. The van der Waals surface area contributed by atoms with Crippen molar-refractivity contribution in [2.75, 3.05) is 11.9 Å². The van der Waals surface area contributed by atoms with Crippen LogP contribution in [-0.4, -0.2) is 24.3 Å². The van der Waals surface area contributed by atoms with E-state index < -0.39 is 6.03 Å². The molecule has 0 aliphatic rings. The Labute approximate surface area is 130 Å². The van der Waals surface area contributed by atoms with Crippen LogP contribution in [0.3, 0.4) is 0 Å². The van der Waals surface area contributed by atoms with Gasteiger partial charge in [-0.2, -0.15) is 0 Å². The maximum Gasteiger partial charge on any atom is 0.320 e. The predicted molar refractivity (Wildman–Crippen MR) is 82.9 cm³/mol. The number of hydrogen-bond acceptors (Lipinski definition) is 5. The molecule has 2 aromatic heterocycles. The van der Waals surface area contributed by atoms with Gasteiger partial charge in [-0.15, -0.1) is 11.3 Å². The Morgan fingerprint density at radius 3 is 2.73 bits per heavy atom. The quantitative estimate of drug-likeness (QED) is 0.402. The predicted octanol–water partition coefficient (Wildman–Crippen LogP) is 1.06. The second kappa shape index (κ2) is 7.27. The fraction of sp³-hybridized carbons (Fsp3) is 0.154. The molecule has 0 spiro atoms. The van der Waals surface area contributed by atoms with E-state index in [-0.39, 0.29) is 24.8 Å². The average Bonchev–Trinajstić information content (AvgIpc) is 3.14. The number of carbonyl (C=O) groups excluding carboxylic acids is 2. The Morgan fingerprint density at radius 1 is 1.27 bits per heavy atom. The molecule has 0 radical (unpaired) electrons. The van der Waals surface area contributed by atoms with Crippen molar-refractivity contribution < 1.29 is 14.0 Å². The average molecular weight is 321 g/mol. The first-order valence-electron chi connectivity index (χ1n) is 6.33. The van der Waals surface area contributed by atoms with Gasteiger partial charge >= 0.3 is 6.03 Å². The zero-order valence-electron chi connectivity index (χ0n) is 11.5. The van der Waals surface area contributed by atoms with E-state index in [0.29, 0.717) is 15.6 Å². The second-order valence-electron chi connectivity index (χ2n) is 4.24. The highest BCUT2D eigenvalue weighted by Crippen LogP contribution is 2.20. The third kappa shape index (κ3) is 4.63. The van der Waals surface area contributed by atoms with E-state index in [0.717, 1.165) is 0 Å². The van der Waals surface area contributed by atoms with Crippen molar-refractivity contribution in [3.8, 4) is 0 Å². The maximum absolute atomic E-state index is 11.6. The van der Waals surface area contributed by atoms with Crippen LogP contribution < -0.4 is 21.7 Å². The molecule has 6 N–H and O–H groups in total. The van der Waals surface area contributed by atoms with Gasteiger partial charge in [-0.1, -0.05) is 0 Å². The minimum atomic E-state index is -0.509. The molecular weight excluding hydrogens is 306 g/mol. The van der Waals surface area contributed by atoms with Crippen molar-refractivity contribution in [3.05, 3.63) is 41.2 Å². The normalized spacial score (nSPS) is 10.0. The molecule has 0 aliphatic carbocycles. The summed E-state index contributed by atoms with van der Waals surface area (Å²) < 4.78 is 5.07. The summed E-state index contributed by atoms with van der Waals surface area (Å²) in [6.45, 7) is 0.111. The van der Waals surface area contributed by atoms with Gasteiger partial charge in [-0.25, -0.2) is 4.79 Å². The SMILES string of the molecule is N=C(N)c1ccc(NC(=O)NCC(=O)NCc2ccco2)s1. The number of hydrogen-bond donors (Lipinski definition) is 5. The van der Waals surface area contributed by atoms with Crippen molar-refractivity contribution in [1.82, 2.24) is 10.6 Å². The fourth-order valence-corrected chi connectivity index (χ4v) is 2.29. The van der Waals surface area contributed by atoms with Crippen LogP contribution in [0.4, 0.5) is 9.80 Å². The van der Waals surface area contributed by atoms with E-state index in [4.69, 9.17) is 15.6 Å². The van der Waals surface area contributed by atoms with Gasteiger partial charge in [0.1, 0.15) is 11.6 Å². The highest BCUT2D eigenvalue weighted by molar-refractivity contribution is 7.18. The summed E-state index contributed by atoms with van der Waals surface area (Å²) in [4.78, 5) is 23.7. The lowest BCUT2D eigenvalue weighted by Crippen LogP contribution is -2.38. The topological polar surface area (TPSA) is 133 Å². The van der Waals surface area contributed by atoms with E-state index >= 15 is 0 Å². The molecule has 0 saturated heterocycles. The van der Waals surface area contributed by atoms with E-state index in [9.17, 15) is 9.59 Å². The number of amides is 3. The number of nitrogens with two attached hydrogens (primary N) is 1. The number of carbonyl (C=O) groups is 2. The molecule has 2 rings (SSSR count). The molecular formula is C13H15N5O3S. The summed E-state index contributed by atoms with van der Waals surface area (Å²) in [6.07, 6.45) is 1.52. The first-order valence-corrected chi connectivity index (χ1v) is 7.14. The Morgan fingerprint density at radius 2 is 2.09 bits per heavy atom. The van der Waals surface area contributed by atoms with Crippen molar-refractivity contribution >= 4 is 34.1 Å². The van der Waals surface area contributed by atoms with Crippen LogP contribution in [0.15, 0.2) is 34.9 Å². The van der Waals surface area contributed by atoms with E-state index in [1.165, 1.54) is 17.6 Å². The fourth-order valence-electron chi connectivity index (χ4n) is 1.53. The van der Waals surface area contributed by atoms with Gasteiger partial charge in [0, 0.05) is 0 Å². The van der Waals surface area contributed by atoms with Gasteiger partial charge in [0.05, 0.1) is 29.2 Å².